The van der Waals surface area contributed by atoms with Crippen LogP contribution in [-0.4, -0.2) is 13.4 Å². The maximum atomic E-state index is 13.4. The van der Waals surface area contributed by atoms with Gasteiger partial charge < -0.3 is 5.73 Å². The van der Waals surface area contributed by atoms with E-state index in [1.807, 2.05) is 0 Å². The third kappa shape index (κ3) is 3.02. The standard InChI is InChI=1S/C11H9BrFN3O2S/c12-8-5-7(1-2-10(8)14)19(17,18)16-11-3-4-15-6-9(11)13/h1-6H,14H2,(H,15,16). The Balaban J connectivity index is 2.38. The van der Waals surface area contributed by atoms with Crippen molar-refractivity contribution in [1.29, 1.82) is 0 Å². The minimum absolute atomic E-state index is 0.0233. The normalized spacial score (nSPS) is 11.3. The number of nitrogens with two attached hydrogens (primary N) is 1. The molecule has 0 saturated carbocycles. The van der Waals surface area contributed by atoms with E-state index >= 15 is 0 Å². The number of nitrogens with zero attached hydrogens (tertiary/aromatic N) is 1. The van der Waals surface area contributed by atoms with Gasteiger partial charge in [0.1, 0.15) is 0 Å². The van der Waals surface area contributed by atoms with Crippen LogP contribution in [0.5, 0.6) is 0 Å². The Morgan fingerprint density at radius 3 is 2.68 bits per heavy atom. The lowest BCUT2D eigenvalue weighted by atomic mass is 10.3. The van der Waals surface area contributed by atoms with Gasteiger partial charge in [0.2, 0.25) is 0 Å². The number of hydrogen-bond donors (Lipinski definition) is 2. The molecular weight excluding hydrogens is 337 g/mol. The topological polar surface area (TPSA) is 85.1 Å². The Morgan fingerprint density at radius 2 is 2.05 bits per heavy atom. The van der Waals surface area contributed by atoms with Crippen molar-refractivity contribution in [1.82, 2.24) is 4.98 Å². The highest BCUT2D eigenvalue weighted by molar-refractivity contribution is 9.10. The van der Waals surface area contributed by atoms with Crippen molar-refractivity contribution < 1.29 is 12.8 Å². The molecule has 100 valence electrons. The molecule has 19 heavy (non-hydrogen) atoms. The van der Waals surface area contributed by atoms with E-state index in [0.29, 0.717) is 10.2 Å². The third-order valence-electron chi connectivity index (χ3n) is 2.30. The molecule has 2 rings (SSSR count). The molecule has 0 aliphatic heterocycles. The Kier molecular flexibility index (Phi) is 3.72. The smallest absolute Gasteiger partial charge is 0.262 e. The molecule has 0 fully saturated rings. The second-order valence-corrected chi connectivity index (χ2v) is 6.18. The molecule has 0 bridgehead atoms. The molecule has 0 spiro atoms. The van der Waals surface area contributed by atoms with Gasteiger partial charge in [0.15, 0.2) is 5.82 Å². The van der Waals surface area contributed by atoms with E-state index in [1.165, 1.54) is 30.5 Å². The maximum absolute atomic E-state index is 13.4. The van der Waals surface area contributed by atoms with Crippen LogP contribution in [0.25, 0.3) is 0 Å². The summed E-state index contributed by atoms with van der Waals surface area (Å²) in [6.07, 6.45) is 2.22. The largest absolute Gasteiger partial charge is 0.398 e. The van der Waals surface area contributed by atoms with Gasteiger partial charge in [-0.1, -0.05) is 0 Å². The van der Waals surface area contributed by atoms with Crippen LogP contribution in [0.3, 0.4) is 0 Å². The number of nitrogen functional groups attached to an aromatic ring is 1. The van der Waals surface area contributed by atoms with Crippen LogP contribution in [0.15, 0.2) is 46.0 Å². The summed E-state index contributed by atoms with van der Waals surface area (Å²) >= 11 is 3.14. The predicted octanol–water partition coefficient (Wildman–Crippen LogP) is 2.37. The lowest BCUT2D eigenvalue weighted by molar-refractivity contribution is 0.598. The van der Waals surface area contributed by atoms with Gasteiger partial charge in [0, 0.05) is 16.4 Å². The summed E-state index contributed by atoms with van der Waals surface area (Å²) in [5, 5.41) is 0. The first-order valence-corrected chi connectivity index (χ1v) is 7.35. The molecule has 0 aliphatic rings. The first kappa shape index (κ1) is 13.8. The van der Waals surface area contributed by atoms with Crippen LogP contribution in [0, 0.1) is 5.82 Å². The number of sulfonamides is 1. The Morgan fingerprint density at radius 1 is 1.32 bits per heavy atom. The maximum Gasteiger partial charge on any atom is 0.262 e. The van der Waals surface area contributed by atoms with Gasteiger partial charge in [-0.3, -0.25) is 9.71 Å². The molecule has 0 aliphatic carbocycles. The molecule has 1 aromatic carbocycles. The summed E-state index contributed by atoms with van der Waals surface area (Å²) in [6, 6.07) is 5.36. The summed E-state index contributed by atoms with van der Waals surface area (Å²) in [6.45, 7) is 0. The first-order valence-electron chi connectivity index (χ1n) is 5.07. The second kappa shape index (κ2) is 5.14. The van der Waals surface area contributed by atoms with Crippen LogP contribution in [0.4, 0.5) is 15.8 Å². The highest BCUT2D eigenvalue weighted by Gasteiger charge is 2.17. The van der Waals surface area contributed by atoms with E-state index in [1.54, 1.807) is 0 Å². The van der Waals surface area contributed by atoms with Crippen molar-refractivity contribution in [3.8, 4) is 0 Å². The van der Waals surface area contributed by atoms with Gasteiger partial charge in [0.05, 0.1) is 16.8 Å². The van der Waals surface area contributed by atoms with Crippen molar-refractivity contribution in [3.05, 3.63) is 46.9 Å². The highest BCUT2D eigenvalue weighted by Crippen LogP contribution is 2.25. The minimum Gasteiger partial charge on any atom is -0.398 e. The number of rotatable bonds is 3. The van der Waals surface area contributed by atoms with Crippen LogP contribution in [-0.2, 0) is 10.0 Å². The fourth-order valence-corrected chi connectivity index (χ4v) is 2.96. The van der Waals surface area contributed by atoms with E-state index in [4.69, 9.17) is 5.73 Å². The zero-order valence-electron chi connectivity index (χ0n) is 9.47. The number of halogens is 2. The zero-order chi connectivity index (χ0) is 14.0. The molecule has 8 heteroatoms. The molecule has 1 heterocycles. The summed E-state index contributed by atoms with van der Waals surface area (Å²) in [5.41, 5.74) is 5.83. The van der Waals surface area contributed by atoms with Gasteiger partial charge >= 0.3 is 0 Å². The number of hydrogen-bond acceptors (Lipinski definition) is 4. The van der Waals surface area contributed by atoms with Crippen LogP contribution >= 0.6 is 15.9 Å². The van der Waals surface area contributed by atoms with Crippen molar-refractivity contribution in [2.24, 2.45) is 0 Å². The van der Waals surface area contributed by atoms with Gasteiger partial charge in [-0.25, -0.2) is 12.8 Å². The Bertz CT molecular complexity index is 722. The average molecular weight is 346 g/mol. The molecule has 0 saturated heterocycles. The molecule has 3 N–H and O–H groups in total. The van der Waals surface area contributed by atoms with Gasteiger partial charge in [-0.15, -0.1) is 0 Å². The number of benzene rings is 1. The number of anilines is 2. The number of nitrogens with one attached hydrogen (secondary N) is 1. The fraction of sp³-hybridized carbons (Fsp3) is 0. The molecular formula is C11H9BrFN3O2S. The second-order valence-electron chi connectivity index (χ2n) is 3.64. The molecule has 2 aromatic rings. The number of aromatic nitrogens is 1. The van der Waals surface area contributed by atoms with Gasteiger partial charge in [0.25, 0.3) is 10.0 Å². The minimum atomic E-state index is -3.88. The van der Waals surface area contributed by atoms with E-state index in [-0.39, 0.29) is 10.6 Å². The van der Waals surface area contributed by atoms with Crippen LogP contribution < -0.4 is 10.5 Å². The Labute approximate surface area is 117 Å². The molecule has 0 radical (unpaired) electrons. The summed E-state index contributed by atoms with van der Waals surface area (Å²) in [4.78, 5) is 3.52. The molecule has 0 unspecified atom stereocenters. The van der Waals surface area contributed by atoms with Crippen LogP contribution in [0.1, 0.15) is 0 Å². The Hall–Kier alpha value is -1.67. The van der Waals surface area contributed by atoms with Crippen molar-refractivity contribution in [2.75, 3.05) is 10.5 Å². The predicted molar refractivity (Wildman–Crippen MR) is 73.6 cm³/mol. The fourth-order valence-electron chi connectivity index (χ4n) is 1.34. The monoisotopic (exact) mass is 345 g/mol. The van der Waals surface area contributed by atoms with Crippen molar-refractivity contribution in [3.63, 3.8) is 0 Å². The molecule has 0 amide bonds. The van der Waals surface area contributed by atoms with E-state index < -0.39 is 15.8 Å². The first-order chi connectivity index (χ1) is 8.90. The third-order valence-corrected chi connectivity index (χ3v) is 4.35. The lowest BCUT2D eigenvalue weighted by Gasteiger charge is -2.09. The van der Waals surface area contributed by atoms with E-state index in [0.717, 1.165) is 6.20 Å². The highest BCUT2D eigenvalue weighted by atomic mass is 79.9. The lowest BCUT2D eigenvalue weighted by Crippen LogP contribution is -2.14. The van der Waals surface area contributed by atoms with Gasteiger partial charge in [-0.05, 0) is 40.2 Å². The molecule has 5 nitrogen and oxygen atoms in total. The summed E-state index contributed by atoms with van der Waals surface area (Å²) in [7, 11) is -3.88. The van der Waals surface area contributed by atoms with Crippen molar-refractivity contribution in [2.45, 2.75) is 4.90 Å². The van der Waals surface area contributed by atoms with Gasteiger partial charge in [-0.2, -0.15) is 0 Å². The van der Waals surface area contributed by atoms with Crippen LogP contribution in [0.2, 0.25) is 0 Å². The van der Waals surface area contributed by atoms with Crippen molar-refractivity contribution >= 4 is 37.3 Å². The summed E-state index contributed by atoms with van der Waals surface area (Å²) in [5.74, 6) is -0.749. The van der Waals surface area contributed by atoms with E-state index in [9.17, 15) is 12.8 Å². The average Bonchev–Trinajstić information content (AvgIpc) is 2.35. The molecule has 0 atom stereocenters. The zero-order valence-corrected chi connectivity index (χ0v) is 11.9. The molecule has 1 aromatic heterocycles. The van der Waals surface area contributed by atoms with E-state index in [2.05, 4.69) is 25.6 Å². The quantitative estimate of drug-likeness (QED) is 0.836. The SMILES string of the molecule is Nc1ccc(S(=O)(=O)Nc2ccncc2F)cc1Br. The summed E-state index contributed by atoms with van der Waals surface area (Å²) < 4.78 is 40.1. The number of pyridine rings is 1.